The van der Waals surface area contributed by atoms with Crippen molar-refractivity contribution in [2.24, 2.45) is 0 Å². The van der Waals surface area contributed by atoms with Crippen molar-refractivity contribution in [2.45, 2.75) is 13.8 Å². The van der Waals surface area contributed by atoms with Crippen LogP contribution in [0.2, 0.25) is 5.15 Å². The predicted octanol–water partition coefficient (Wildman–Crippen LogP) is 3.36. The fourth-order valence-corrected chi connectivity index (χ4v) is 2.24. The maximum atomic E-state index is 13.5. The highest BCUT2D eigenvalue weighted by atomic mass is 35.5. The second-order valence-corrected chi connectivity index (χ2v) is 4.70. The molecule has 0 radical (unpaired) electrons. The summed E-state index contributed by atoms with van der Waals surface area (Å²) in [7, 11) is 0. The number of hydrogen-bond acceptors (Lipinski definition) is 3. The fraction of sp³-hybridized carbons (Fsp3) is 0.154. The molecule has 1 aromatic carbocycles. The minimum atomic E-state index is -0.663. The van der Waals surface area contributed by atoms with Gasteiger partial charge >= 0.3 is 0 Å². The molecule has 2 heterocycles. The Morgan fingerprint density at radius 3 is 2.55 bits per heavy atom. The van der Waals surface area contributed by atoms with Crippen LogP contribution in [0.1, 0.15) is 11.5 Å². The van der Waals surface area contributed by atoms with E-state index in [0.717, 1.165) is 0 Å². The van der Waals surface area contributed by atoms with E-state index in [-0.39, 0.29) is 16.8 Å². The van der Waals surface area contributed by atoms with Gasteiger partial charge in [-0.05, 0) is 26.0 Å². The molecule has 0 atom stereocenters. The van der Waals surface area contributed by atoms with Gasteiger partial charge < -0.3 is 0 Å². The van der Waals surface area contributed by atoms with Gasteiger partial charge in [0.25, 0.3) is 0 Å². The average molecular weight is 295 g/mol. The summed E-state index contributed by atoms with van der Waals surface area (Å²) in [6.45, 7) is 3.22. The summed E-state index contributed by atoms with van der Waals surface area (Å²) in [5.74, 6) is -0.334. The van der Waals surface area contributed by atoms with E-state index >= 15 is 0 Å². The molecule has 3 aromatic rings. The lowest BCUT2D eigenvalue weighted by Gasteiger charge is -2.07. The average Bonchev–Trinajstić information content (AvgIpc) is 2.70. The van der Waals surface area contributed by atoms with Crippen molar-refractivity contribution in [3.05, 3.63) is 46.5 Å². The van der Waals surface area contributed by atoms with E-state index in [2.05, 4.69) is 15.0 Å². The Hall–Kier alpha value is -2.08. The Kier molecular flexibility index (Phi) is 2.90. The molecule has 7 heteroatoms. The Bertz CT molecular complexity index is 806. The molecule has 0 saturated heterocycles. The second kappa shape index (κ2) is 4.49. The molecule has 0 aliphatic carbocycles. The first-order valence-corrected chi connectivity index (χ1v) is 6.20. The van der Waals surface area contributed by atoms with E-state index in [4.69, 9.17) is 11.6 Å². The highest BCUT2D eigenvalue weighted by Crippen LogP contribution is 2.22. The Labute approximate surface area is 118 Å². The first kappa shape index (κ1) is 12.9. The zero-order chi connectivity index (χ0) is 14.4. The molecule has 0 aliphatic heterocycles. The van der Waals surface area contributed by atoms with E-state index in [9.17, 15) is 8.78 Å². The minimum Gasteiger partial charge on any atom is -0.264 e. The number of aromatic nitrogens is 4. The fourth-order valence-electron chi connectivity index (χ4n) is 2.03. The van der Waals surface area contributed by atoms with Crippen molar-refractivity contribution in [2.75, 3.05) is 0 Å². The molecule has 0 unspecified atom stereocenters. The summed E-state index contributed by atoms with van der Waals surface area (Å²) < 4.78 is 28.4. The van der Waals surface area contributed by atoms with Crippen LogP contribution in [-0.4, -0.2) is 19.5 Å². The summed E-state index contributed by atoms with van der Waals surface area (Å²) in [6.07, 6.45) is 0. The molecule has 3 rings (SSSR count). The second-order valence-electron chi connectivity index (χ2n) is 4.34. The first-order chi connectivity index (χ1) is 9.47. The van der Waals surface area contributed by atoms with Crippen LogP contribution in [0.25, 0.3) is 17.0 Å². The highest BCUT2D eigenvalue weighted by Gasteiger charge is 2.16. The summed E-state index contributed by atoms with van der Waals surface area (Å²) >= 11 is 5.74. The van der Waals surface area contributed by atoms with Crippen LogP contribution in [0.3, 0.4) is 0 Å². The molecule has 0 aliphatic rings. The lowest BCUT2D eigenvalue weighted by atomic mass is 10.3. The van der Waals surface area contributed by atoms with Crippen molar-refractivity contribution in [3.8, 4) is 5.95 Å². The molecule has 20 heavy (non-hydrogen) atoms. The topological polar surface area (TPSA) is 43.6 Å². The minimum absolute atomic E-state index is 0.123. The summed E-state index contributed by atoms with van der Waals surface area (Å²) in [5.41, 5.74) is 1.23. The van der Waals surface area contributed by atoms with Crippen molar-refractivity contribution in [1.82, 2.24) is 19.5 Å². The SMILES string of the molecule is Cc1nc(-n2c(C)nc3ccc(F)cc32)nc(Cl)c1F. The number of hydrogen-bond donors (Lipinski definition) is 0. The van der Waals surface area contributed by atoms with Crippen molar-refractivity contribution in [1.29, 1.82) is 0 Å². The number of benzene rings is 1. The van der Waals surface area contributed by atoms with Crippen LogP contribution in [0.4, 0.5) is 8.78 Å². The Balaban J connectivity index is 2.34. The maximum Gasteiger partial charge on any atom is 0.237 e. The summed E-state index contributed by atoms with van der Waals surface area (Å²) in [5, 5.41) is -0.273. The molecule has 102 valence electrons. The molecule has 0 amide bonds. The summed E-state index contributed by atoms with van der Waals surface area (Å²) in [4.78, 5) is 12.2. The van der Waals surface area contributed by atoms with Gasteiger partial charge in [-0.1, -0.05) is 11.6 Å². The van der Waals surface area contributed by atoms with Crippen molar-refractivity contribution < 1.29 is 8.78 Å². The molecule has 0 bridgehead atoms. The number of imidazole rings is 1. The molecule has 0 N–H and O–H groups in total. The van der Waals surface area contributed by atoms with Gasteiger partial charge in [0.1, 0.15) is 11.6 Å². The van der Waals surface area contributed by atoms with E-state index < -0.39 is 11.6 Å². The van der Waals surface area contributed by atoms with E-state index in [0.29, 0.717) is 16.9 Å². The normalized spacial score (nSPS) is 11.2. The van der Waals surface area contributed by atoms with Gasteiger partial charge in [0.2, 0.25) is 5.95 Å². The number of fused-ring (bicyclic) bond motifs is 1. The van der Waals surface area contributed by atoms with Gasteiger partial charge in [-0.2, -0.15) is 4.98 Å². The standard InChI is InChI=1S/C13H9ClF2N4/c1-6-11(16)12(14)19-13(17-6)20-7(2)18-9-4-3-8(15)5-10(9)20/h3-5H,1-2H3. The molecule has 2 aromatic heterocycles. The van der Waals surface area contributed by atoms with Crippen molar-refractivity contribution >= 4 is 22.6 Å². The number of rotatable bonds is 1. The highest BCUT2D eigenvalue weighted by molar-refractivity contribution is 6.29. The van der Waals surface area contributed by atoms with Crippen LogP contribution in [0, 0.1) is 25.5 Å². The first-order valence-electron chi connectivity index (χ1n) is 5.82. The van der Waals surface area contributed by atoms with E-state index in [1.165, 1.54) is 23.6 Å². The monoisotopic (exact) mass is 294 g/mol. The zero-order valence-electron chi connectivity index (χ0n) is 10.7. The van der Waals surface area contributed by atoms with Gasteiger partial charge in [-0.15, -0.1) is 0 Å². The molecule has 0 saturated carbocycles. The van der Waals surface area contributed by atoms with Gasteiger partial charge in [-0.25, -0.2) is 18.7 Å². The maximum absolute atomic E-state index is 13.5. The Morgan fingerprint density at radius 1 is 1.10 bits per heavy atom. The number of halogens is 3. The van der Waals surface area contributed by atoms with Gasteiger partial charge in [0.15, 0.2) is 11.0 Å². The molecular formula is C13H9ClF2N4. The smallest absolute Gasteiger partial charge is 0.237 e. The van der Waals surface area contributed by atoms with Crippen LogP contribution < -0.4 is 0 Å². The quantitative estimate of drug-likeness (QED) is 0.646. The molecular weight excluding hydrogens is 286 g/mol. The largest absolute Gasteiger partial charge is 0.264 e. The predicted molar refractivity (Wildman–Crippen MR) is 71.1 cm³/mol. The third-order valence-electron chi connectivity index (χ3n) is 2.95. The van der Waals surface area contributed by atoms with Crippen LogP contribution in [0.5, 0.6) is 0 Å². The Morgan fingerprint density at radius 2 is 1.85 bits per heavy atom. The van der Waals surface area contributed by atoms with E-state index in [1.807, 2.05) is 0 Å². The zero-order valence-corrected chi connectivity index (χ0v) is 11.4. The number of nitrogens with zero attached hydrogens (tertiary/aromatic N) is 4. The lowest BCUT2D eigenvalue weighted by Crippen LogP contribution is -2.06. The van der Waals surface area contributed by atoms with Gasteiger partial charge in [0, 0.05) is 6.07 Å². The third kappa shape index (κ3) is 1.92. The van der Waals surface area contributed by atoms with Crippen LogP contribution >= 0.6 is 11.6 Å². The molecule has 0 spiro atoms. The van der Waals surface area contributed by atoms with Crippen LogP contribution in [0.15, 0.2) is 18.2 Å². The van der Waals surface area contributed by atoms with Gasteiger partial charge in [0.05, 0.1) is 16.7 Å². The van der Waals surface area contributed by atoms with E-state index in [1.54, 1.807) is 13.0 Å². The van der Waals surface area contributed by atoms with Crippen LogP contribution in [-0.2, 0) is 0 Å². The van der Waals surface area contributed by atoms with Crippen molar-refractivity contribution in [3.63, 3.8) is 0 Å². The third-order valence-corrected chi connectivity index (χ3v) is 3.20. The lowest BCUT2D eigenvalue weighted by molar-refractivity contribution is 0.599. The number of aryl methyl sites for hydroxylation is 2. The molecule has 4 nitrogen and oxygen atoms in total. The summed E-state index contributed by atoms with van der Waals surface area (Å²) in [6, 6.07) is 4.21. The molecule has 0 fully saturated rings. The van der Waals surface area contributed by atoms with Gasteiger partial charge in [-0.3, -0.25) is 4.57 Å².